The number of carbonyl (C=O) groups is 1. The van der Waals surface area contributed by atoms with Gasteiger partial charge in [0.1, 0.15) is 6.54 Å². The van der Waals surface area contributed by atoms with E-state index < -0.39 is 11.4 Å². The van der Waals surface area contributed by atoms with Gasteiger partial charge in [0.05, 0.1) is 11.1 Å². The second kappa shape index (κ2) is 7.58. The Morgan fingerprint density at radius 3 is 2.62 bits per heavy atom. The predicted molar refractivity (Wildman–Crippen MR) is 98.9 cm³/mol. The zero-order chi connectivity index (χ0) is 18.6. The molecule has 0 saturated carbocycles. The molecule has 0 aliphatic rings. The molecule has 0 aliphatic carbocycles. The van der Waals surface area contributed by atoms with Crippen LogP contribution in [0, 0.1) is 0 Å². The maximum absolute atomic E-state index is 12.2. The number of rotatable bonds is 7. The molecule has 1 amide bonds. The molecule has 1 atom stereocenters. The minimum Gasteiger partial charge on any atom is -0.408 e. The lowest BCUT2D eigenvalue weighted by Crippen LogP contribution is -2.42. The third-order valence-corrected chi connectivity index (χ3v) is 4.34. The molecule has 0 bridgehead atoms. The number of nitrogens with zero attached hydrogens (tertiary/aromatic N) is 1. The fourth-order valence-corrected chi connectivity index (χ4v) is 2.80. The van der Waals surface area contributed by atoms with Gasteiger partial charge in [0.15, 0.2) is 5.58 Å². The highest BCUT2D eigenvalue weighted by atomic mass is 16.4. The van der Waals surface area contributed by atoms with Crippen molar-refractivity contribution in [2.45, 2.75) is 31.9 Å². The Hall–Kier alpha value is -2.86. The first-order chi connectivity index (χ1) is 12.4. The molecule has 136 valence electrons. The number of aryl methyl sites for hydroxylation is 1. The SMILES string of the molecule is CC(O)(CCc1ccccc1)CNC(=O)Cn1c(=O)oc2ccccc21. The number of nitrogens with one attached hydrogen (secondary N) is 1. The van der Waals surface area contributed by atoms with E-state index in [9.17, 15) is 14.7 Å². The smallest absolute Gasteiger partial charge is 0.408 e. The van der Waals surface area contributed by atoms with Gasteiger partial charge >= 0.3 is 5.76 Å². The highest BCUT2D eigenvalue weighted by molar-refractivity contribution is 5.79. The standard InChI is InChI=1S/C20H22N2O4/c1-20(25,12-11-15-7-3-2-4-8-15)14-21-18(23)13-22-16-9-5-6-10-17(16)26-19(22)24/h2-10,25H,11-14H2,1H3,(H,21,23). The Bertz CT molecular complexity index is 941. The molecule has 1 unspecified atom stereocenters. The van der Waals surface area contributed by atoms with Crippen molar-refractivity contribution in [1.29, 1.82) is 0 Å². The second-order valence-electron chi connectivity index (χ2n) is 6.68. The zero-order valence-corrected chi connectivity index (χ0v) is 14.6. The van der Waals surface area contributed by atoms with Gasteiger partial charge in [0.25, 0.3) is 0 Å². The predicted octanol–water partition coefficient (Wildman–Crippen LogP) is 2.09. The summed E-state index contributed by atoms with van der Waals surface area (Å²) in [5, 5.41) is 13.2. The molecule has 3 aromatic rings. The van der Waals surface area contributed by atoms with Crippen LogP contribution in [-0.2, 0) is 17.8 Å². The van der Waals surface area contributed by atoms with Crippen molar-refractivity contribution in [2.24, 2.45) is 0 Å². The number of benzene rings is 2. The van der Waals surface area contributed by atoms with E-state index in [1.165, 1.54) is 4.57 Å². The molecule has 26 heavy (non-hydrogen) atoms. The molecule has 0 aliphatic heterocycles. The lowest BCUT2D eigenvalue weighted by Gasteiger charge is -2.23. The van der Waals surface area contributed by atoms with Crippen molar-refractivity contribution in [3.05, 3.63) is 70.7 Å². The summed E-state index contributed by atoms with van der Waals surface area (Å²) in [6, 6.07) is 16.8. The van der Waals surface area contributed by atoms with Crippen LogP contribution in [0.4, 0.5) is 0 Å². The van der Waals surface area contributed by atoms with Gasteiger partial charge in [0.2, 0.25) is 5.91 Å². The van der Waals surface area contributed by atoms with Crippen molar-refractivity contribution in [1.82, 2.24) is 9.88 Å². The molecule has 0 fully saturated rings. The molecule has 3 rings (SSSR count). The number of para-hydroxylation sites is 2. The molecule has 6 heteroatoms. The number of oxazole rings is 1. The van der Waals surface area contributed by atoms with Crippen LogP contribution in [0.2, 0.25) is 0 Å². The fourth-order valence-electron chi connectivity index (χ4n) is 2.80. The number of amides is 1. The maximum atomic E-state index is 12.2. The first-order valence-electron chi connectivity index (χ1n) is 8.56. The number of carbonyl (C=O) groups excluding carboxylic acids is 1. The van der Waals surface area contributed by atoms with Crippen molar-refractivity contribution in [2.75, 3.05) is 6.54 Å². The van der Waals surface area contributed by atoms with Crippen LogP contribution in [0.3, 0.4) is 0 Å². The van der Waals surface area contributed by atoms with E-state index in [0.717, 1.165) is 12.0 Å². The number of hydrogen-bond acceptors (Lipinski definition) is 4. The number of aliphatic hydroxyl groups is 1. The third kappa shape index (κ3) is 4.40. The molecule has 6 nitrogen and oxygen atoms in total. The monoisotopic (exact) mass is 354 g/mol. The largest absolute Gasteiger partial charge is 0.420 e. The first kappa shape index (κ1) is 17.9. The summed E-state index contributed by atoms with van der Waals surface area (Å²) < 4.78 is 6.39. The van der Waals surface area contributed by atoms with Gasteiger partial charge in [-0.05, 0) is 37.5 Å². The Labute approximate surface area is 151 Å². The van der Waals surface area contributed by atoms with E-state index in [1.807, 2.05) is 30.3 Å². The molecule has 1 heterocycles. The summed E-state index contributed by atoms with van der Waals surface area (Å²) in [6.45, 7) is 1.66. The molecular formula is C20H22N2O4. The van der Waals surface area contributed by atoms with Crippen molar-refractivity contribution >= 4 is 17.0 Å². The average molecular weight is 354 g/mol. The van der Waals surface area contributed by atoms with Gasteiger partial charge in [-0.15, -0.1) is 0 Å². The van der Waals surface area contributed by atoms with Gasteiger partial charge in [0, 0.05) is 6.54 Å². The van der Waals surface area contributed by atoms with Crippen LogP contribution in [0.5, 0.6) is 0 Å². The maximum Gasteiger partial charge on any atom is 0.420 e. The van der Waals surface area contributed by atoms with E-state index in [-0.39, 0.29) is 19.0 Å². The molecule has 0 saturated heterocycles. The number of fused-ring (bicyclic) bond motifs is 1. The van der Waals surface area contributed by atoms with Gasteiger partial charge < -0.3 is 14.8 Å². The molecule has 2 N–H and O–H groups in total. The minimum absolute atomic E-state index is 0.114. The summed E-state index contributed by atoms with van der Waals surface area (Å²) in [6.07, 6.45) is 1.24. The van der Waals surface area contributed by atoms with E-state index >= 15 is 0 Å². The van der Waals surface area contributed by atoms with Crippen molar-refractivity contribution in [3.63, 3.8) is 0 Å². The Morgan fingerprint density at radius 1 is 1.15 bits per heavy atom. The summed E-state index contributed by atoms with van der Waals surface area (Å²) in [5.41, 5.74) is 1.12. The quantitative estimate of drug-likeness (QED) is 0.680. The topological polar surface area (TPSA) is 84.5 Å². The van der Waals surface area contributed by atoms with Crippen molar-refractivity contribution in [3.8, 4) is 0 Å². The van der Waals surface area contributed by atoms with Gasteiger partial charge in [-0.3, -0.25) is 9.36 Å². The molecular weight excluding hydrogens is 332 g/mol. The molecule has 2 aromatic carbocycles. The molecule has 0 spiro atoms. The van der Waals surface area contributed by atoms with Gasteiger partial charge in [-0.25, -0.2) is 4.79 Å². The Kier molecular flexibility index (Phi) is 5.23. The summed E-state index contributed by atoms with van der Waals surface area (Å²) in [4.78, 5) is 24.1. The van der Waals surface area contributed by atoms with E-state index in [0.29, 0.717) is 17.5 Å². The van der Waals surface area contributed by atoms with Crippen LogP contribution in [-0.4, -0.2) is 27.7 Å². The van der Waals surface area contributed by atoms with Gasteiger partial charge in [-0.1, -0.05) is 42.5 Å². The first-order valence-corrected chi connectivity index (χ1v) is 8.56. The Morgan fingerprint density at radius 2 is 1.85 bits per heavy atom. The molecule has 0 radical (unpaired) electrons. The Balaban J connectivity index is 1.56. The number of aromatic nitrogens is 1. The summed E-state index contributed by atoms with van der Waals surface area (Å²) in [5.74, 6) is -0.921. The highest BCUT2D eigenvalue weighted by Gasteiger charge is 2.21. The summed E-state index contributed by atoms with van der Waals surface area (Å²) >= 11 is 0. The lowest BCUT2D eigenvalue weighted by molar-refractivity contribution is -0.122. The van der Waals surface area contributed by atoms with Gasteiger partial charge in [-0.2, -0.15) is 0 Å². The average Bonchev–Trinajstić information content (AvgIpc) is 2.95. The van der Waals surface area contributed by atoms with E-state index in [1.54, 1.807) is 31.2 Å². The van der Waals surface area contributed by atoms with E-state index in [2.05, 4.69) is 5.32 Å². The normalized spacial score (nSPS) is 13.5. The fraction of sp³-hybridized carbons (Fsp3) is 0.300. The zero-order valence-electron chi connectivity index (χ0n) is 14.6. The summed E-state index contributed by atoms with van der Waals surface area (Å²) in [7, 11) is 0. The van der Waals surface area contributed by atoms with Crippen LogP contribution in [0.25, 0.3) is 11.1 Å². The minimum atomic E-state index is -1.03. The third-order valence-electron chi connectivity index (χ3n) is 4.34. The van der Waals surface area contributed by atoms with Crippen LogP contribution in [0.15, 0.2) is 63.8 Å². The van der Waals surface area contributed by atoms with Crippen LogP contribution >= 0.6 is 0 Å². The van der Waals surface area contributed by atoms with E-state index in [4.69, 9.17) is 4.42 Å². The van der Waals surface area contributed by atoms with Crippen molar-refractivity contribution < 1.29 is 14.3 Å². The van der Waals surface area contributed by atoms with Crippen LogP contribution < -0.4 is 11.1 Å². The highest BCUT2D eigenvalue weighted by Crippen LogP contribution is 2.14. The molecule has 1 aromatic heterocycles. The second-order valence-corrected chi connectivity index (χ2v) is 6.68. The number of hydrogen-bond donors (Lipinski definition) is 2. The lowest BCUT2D eigenvalue weighted by atomic mass is 9.97. The van der Waals surface area contributed by atoms with Crippen LogP contribution in [0.1, 0.15) is 18.9 Å².